The highest BCUT2D eigenvalue weighted by Gasteiger charge is 2.42. The molecule has 0 saturated heterocycles. The molecule has 2 saturated carbocycles. The first-order valence-corrected chi connectivity index (χ1v) is 11.3. The molecule has 27 heavy (non-hydrogen) atoms. The second kappa shape index (κ2) is 6.82. The van der Waals surface area contributed by atoms with Crippen LogP contribution in [0.1, 0.15) is 57.8 Å². The van der Waals surface area contributed by atoms with Crippen LogP contribution in [0.25, 0.3) is 0 Å². The lowest BCUT2D eigenvalue weighted by Crippen LogP contribution is -2.58. The first-order chi connectivity index (χ1) is 12.9. The molecule has 0 radical (unpaired) electrons. The average Bonchev–Trinajstić information content (AvgIpc) is 3.17. The van der Waals surface area contributed by atoms with Gasteiger partial charge in [0.05, 0.1) is 10.1 Å². The molecule has 3 aliphatic rings. The fourth-order valence-electron chi connectivity index (χ4n) is 4.67. The number of benzene rings is 1. The predicted molar refractivity (Wildman–Crippen MR) is 107 cm³/mol. The largest absolute Gasteiger partial charge is 0.369 e. The normalized spacial score (nSPS) is 23.3. The third kappa shape index (κ3) is 3.20. The Morgan fingerprint density at radius 2 is 1.59 bits per heavy atom. The second-order valence-electron chi connectivity index (χ2n) is 7.76. The second-order valence-corrected chi connectivity index (χ2v) is 9.99. The standard InChI is InChI=1S/C19H27N5O2S/c20-17-22-18(21)24(19(23-17)12-4-1-5-13-19)14-8-10-16(11-9-14)27(25,26)15-6-2-3-7-15/h8-11,15H,1-7,12-13H2,(H4,20,21,22,23). The molecule has 2 aliphatic carbocycles. The maximum absolute atomic E-state index is 12.8. The van der Waals surface area contributed by atoms with E-state index in [-0.39, 0.29) is 11.2 Å². The number of sulfone groups is 1. The molecule has 1 spiro atoms. The van der Waals surface area contributed by atoms with E-state index in [0.717, 1.165) is 57.1 Å². The molecule has 8 heteroatoms. The van der Waals surface area contributed by atoms with Crippen LogP contribution in [0.4, 0.5) is 5.69 Å². The van der Waals surface area contributed by atoms with Gasteiger partial charge < -0.3 is 11.5 Å². The number of hydrogen-bond acceptors (Lipinski definition) is 7. The lowest BCUT2D eigenvalue weighted by atomic mass is 9.87. The third-order valence-electron chi connectivity index (χ3n) is 6.02. The summed E-state index contributed by atoms with van der Waals surface area (Å²) in [5, 5.41) is -0.251. The van der Waals surface area contributed by atoms with E-state index < -0.39 is 15.5 Å². The number of anilines is 1. The molecule has 0 bridgehead atoms. The average molecular weight is 390 g/mol. The highest BCUT2D eigenvalue weighted by molar-refractivity contribution is 7.92. The Balaban J connectivity index is 1.67. The molecule has 1 aromatic rings. The fraction of sp³-hybridized carbons (Fsp3) is 0.579. The third-order valence-corrected chi connectivity index (χ3v) is 8.29. The SMILES string of the molecule is NC1=NC2(CCCCC2)N(c2ccc(S(=O)(=O)C3CCCC3)cc2)C(N)=N1. The van der Waals surface area contributed by atoms with Crippen molar-refractivity contribution in [2.75, 3.05) is 4.90 Å². The summed E-state index contributed by atoms with van der Waals surface area (Å²) in [5.74, 6) is 0.530. The number of nitrogens with zero attached hydrogens (tertiary/aromatic N) is 3. The van der Waals surface area contributed by atoms with Crippen LogP contribution in [0, 0.1) is 0 Å². The minimum atomic E-state index is -3.27. The summed E-state index contributed by atoms with van der Waals surface area (Å²) in [6, 6.07) is 7.01. The Kier molecular flexibility index (Phi) is 4.61. The lowest BCUT2D eigenvalue weighted by molar-refractivity contribution is 0.305. The van der Waals surface area contributed by atoms with Crippen molar-refractivity contribution in [1.82, 2.24) is 0 Å². The number of aliphatic imine (C=N–C) groups is 2. The van der Waals surface area contributed by atoms with Crippen LogP contribution >= 0.6 is 0 Å². The summed E-state index contributed by atoms with van der Waals surface area (Å²) in [7, 11) is -3.27. The smallest absolute Gasteiger partial charge is 0.220 e. The van der Waals surface area contributed by atoms with E-state index in [1.165, 1.54) is 6.42 Å². The first kappa shape index (κ1) is 18.3. The van der Waals surface area contributed by atoms with Gasteiger partial charge in [0.25, 0.3) is 0 Å². The van der Waals surface area contributed by atoms with Crippen molar-refractivity contribution < 1.29 is 8.42 Å². The van der Waals surface area contributed by atoms with Crippen LogP contribution in [-0.2, 0) is 9.84 Å². The molecule has 7 nitrogen and oxygen atoms in total. The Hall–Kier alpha value is -2.09. The van der Waals surface area contributed by atoms with Gasteiger partial charge in [0.15, 0.2) is 9.84 Å². The Labute approximate surface area is 160 Å². The molecular weight excluding hydrogens is 362 g/mol. The Morgan fingerprint density at radius 1 is 0.963 bits per heavy atom. The highest BCUT2D eigenvalue weighted by atomic mass is 32.2. The van der Waals surface area contributed by atoms with Crippen LogP contribution in [0.2, 0.25) is 0 Å². The van der Waals surface area contributed by atoms with E-state index in [9.17, 15) is 8.42 Å². The predicted octanol–water partition coefficient (Wildman–Crippen LogP) is 2.51. The quantitative estimate of drug-likeness (QED) is 0.824. The van der Waals surface area contributed by atoms with Gasteiger partial charge >= 0.3 is 0 Å². The van der Waals surface area contributed by atoms with E-state index in [4.69, 9.17) is 11.5 Å². The molecule has 4 rings (SSSR count). The number of hydrogen-bond donors (Lipinski definition) is 2. The van der Waals surface area contributed by atoms with E-state index in [1.807, 2.05) is 17.0 Å². The summed E-state index contributed by atoms with van der Waals surface area (Å²) in [6.45, 7) is 0. The summed E-state index contributed by atoms with van der Waals surface area (Å²) >= 11 is 0. The van der Waals surface area contributed by atoms with E-state index in [2.05, 4.69) is 9.98 Å². The van der Waals surface area contributed by atoms with E-state index in [1.54, 1.807) is 12.1 Å². The van der Waals surface area contributed by atoms with E-state index >= 15 is 0 Å². The molecule has 1 heterocycles. The van der Waals surface area contributed by atoms with Crippen molar-refractivity contribution >= 4 is 27.4 Å². The van der Waals surface area contributed by atoms with Crippen molar-refractivity contribution in [2.24, 2.45) is 21.5 Å². The summed E-state index contributed by atoms with van der Waals surface area (Å²) in [4.78, 5) is 11.1. The van der Waals surface area contributed by atoms with Crippen molar-refractivity contribution in [1.29, 1.82) is 0 Å². The summed E-state index contributed by atoms with van der Waals surface area (Å²) in [5.41, 5.74) is 12.4. The van der Waals surface area contributed by atoms with Gasteiger partial charge in [-0.1, -0.05) is 19.3 Å². The van der Waals surface area contributed by atoms with Crippen LogP contribution < -0.4 is 16.4 Å². The molecule has 0 aromatic heterocycles. The molecule has 4 N–H and O–H groups in total. The first-order valence-electron chi connectivity index (χ1n) is 9.76. The molecule has 0 amide bonds. The summed E-state index contributed by atoms with van der Waals surface area (Å²) < 4.78 is 25.6. The van der Waals surface area contributed by atoms with Gasteiger partial charge in [-0.2, -0.15) is 4.99 Å². The molecule has 146 valence electrons. The van der Waals surface area contributed by atoms with Crippen LogP contribution in [0.3, 0.4) is 0 Å². The zero-order valence-corrected chi connectivity index (χ0v) is 16.3. The molecule has 0 atom stereocenters. The van der Waals surface area contributed by atoms with Crippen LogP contribution in [-0.4, -0.2) is 31.2 Å². The van der Waals surface area contributed by atoms with E-state index in [0.29, 0.717) is 10.9 Å². The maximum Gasteiger partial charge on any atom is 0.220 e. The number of rotatable bonds is 3. The molecule has 1 aromatic carbocycles. The summed E-state index contributed by atoms with van der Waals surface area (Å²) in [6.07, 6.45) is 8.47. The van der Waals surface area contributed by atoms with Crippen molar-refractivity contribution in [3.8, 4) is 0 Å². The highest BCUT2D eigenvalue weighted by Crippen LogP contribution is 2.40. The van der Waals surface area contributed by atoms with Crippen LogP contribution in [0.15, 0.2) is 39.1 Å². The minimum Gasteiger partial charge on any atom is -0.369 e. The van der Waals surface area contributed by atoms with Gasteiger partial charge in [-0.25, -0.2) is 13.4 Å². The zero-order chi connectivity index (χ0) is 19.1. The monoisotopic (exact) mass is 389 g/mol. The van der Waals surface area contributed by atoms with Crippen LogP contribution in [0.5, 0.6) is 0 Å². The van der Waals surface area contributed by atoms with Gasteiger partial charge in [0.1, 0.15) is 5.66 Å². The van der Waals surface area contributed by atoms with Gasteiger partial charge in [-0.3, -0.25) is 4.90 Å². The zero-order valence-electron chi connectivity index (χ0n) is 15.5. The fourth-order valence-corrected chi connectivity index (χ4v) is 6.53. The molecule has 0 unspecified atom stereocenters. The van der Waals surface area contributed by atoms with Crippen molar-refractivity contribution in [3.63, 3.8) is 0 Å². The molecule has 2 fully saturated rings. The minimum absolute atomic E-state index is 0.214. The molecular formula is C19H27N5O2S. The van der Waals surface area contributed by atoms with Gasteiger partial charge in [0, 0.05) is 5.69 Å². The lowest BCUT2D eigenvalue weighted by Gasteiger charge is -2.45. The van der Waals surface area contributed by atoms with Crippen molar-refractivity contribution in [3.05, 3.63) is 24.3 Å². The Bertz CT molecular complexity index is 864. The topological polar surface area (TPSA) is 114 Å². The number of nitrogens with two attached hydrogens (primary N) is 2. The van der Waals surface area contributed by atoms with Gasteiger partial charge in [0.2, 0.25) is 11.9 Å². The van der Waals surface area contributed by atoms with Gasteiger partial charge in [-0.15, -0.1) is 0 Å². The Morgan fingerprint density at radius 3 is 2.22 bits per heavy atom. The van der Waals surface area contributed by atoms with Gasteiger partial charge in [-0.05, 0) is 62.8 Å². The number of guanidine groups is 2. The molecule has 1 aliphatic heterocycles. The maximum atomic E-state index is 12.8. The van der Waals surface area contributed by atoms with Crippen molar-refractivity contribution in [2.45, 2.75) is 73.6 Å².